The van der Waals surface area contributed by atoms with E-state index in [1.807, 2.05) is 0 Å². The van der Waals surface area contributed by atoms with Crippen LogP contribution in [0.15, 0.2) is 16.6 Å². The zero-order valence-electron chi connectivity index (χ0n) is 6.65. The Kier molecular flexibility index (Phi) is 2.13. The minimum atomic E-state index is -0.965. The largest absolute Gasteiger partial charge is 0.385 e. The van der Waals surface area contributed by atoms with Crippen molar-refractivity contribution in [3.05, 3.63) is 33.0 Å². The molecule has 0 radical (unpaired) electrons. The minimum absolute atomic E-state index is 0.330. The van der Waals surface area contributed by atoms with Crippen molar-refractivity contribution in [1.82, 2.24) is 0 Å². The second kappa shape index (κ2) is 2.94. The summed E-state index contributed by atoms with van der Waals surface area (Å²) in [6.07, 6.45) is 1.23. The Morgan fingerprint density at radius 2 is 2.08 bits per heavy atom. The van der Waals surface area contributed by atoms with Gasteiger partial charge >= 0.3 is 0 Å². The molecule has 1 nitrogen and oxygen atoms in total. The highest BCUT2D eigenvalue weighted by molar-refractivity contribution is 9.10. The predicted octanol–water partition coefficient (Wildman–Crippen LogP) is 3.22. The molecule has 0 amide bonds. The molecule has 2 rings (SSSR count). The van der Waals surface area contributed by atoms with Crippen molar-refractivity contribution in [2.75, 3.05) is 0 Å². The van der Waals surface area contributed by atoms with Crippen molar-refractivity contribution >= 4 is 27.5 Å². The molecule has 0 spiro atoms. The summed E-state index contributed by atoms with van der Waals surface area (Å²) in [7, 11) is 0. The van der Waals surface area contributed by atoms with Crippen LogP contribution >= 0.6 is 27.5 Å². The fourth-order valence-corrected chi connectivity index (χ4v) is 2.50. The van der Waals surface area contributed by atoms with E-state index in [-0.39, 0.29) is 0 Å². The van der Waals surface area contributed by atoms with Gasteiger partial charge in [0.25, 0.3) is 0 Å². The highest BCUT2D eigenvalue weighted by Gasteiger charge is 2.45. The van der Waals surface area contributed by atoms with Crippen LogP contribution in [0.3, 0.4) is 0 Å². The molecule has 0 bridgehead atoms. The van der Waals surface area contributed by atoms with Crippen LogP contribution in [0.25, 0.3) is 0 Å². The van der Waals surface area contributed by atoms with Gasteiger partial charge in [0.1, 0.15) is 5.82 Å². The second-order valence-corrected chi connectivity index (χ2v) is 4.57. The maximum absolute atomic E-state index is 13.4. The van der Waals surface area contributed by atoms with Crippen LogP contribution in [0.4, 0.5) is 4.39 Å². The SMILES string of the molecule is OC1(c2c(F)cc(Cl)cc2Br)CC1. The van der Waals surface area contributed by atoms with Crippen LogP contribution in [-0.4, -0.2) is 5.11 Å². The average Bonchev–Trinajstić information content (AvgIpc) is 2.65. The highest BCUT2D eigenvalue weighted by Crippen LogP contribution is 2.49. The number of hydrogen-bond acceptors (Lipinski definition) is 1. The first-order chi connectivity index (χ1) is 6.03. The molecule has 0 aromatic heterocycles. The van der Waals surface area contributed by atoms with Gasteiger partial charge in [-0.15, -0.1) is 0 Å². The molecular weight excluding hydrogens is 258 g/mol. The molecule has 1 aliphatic rings. The monoisotopic (exact) mass is 264 g/mol. The van der Waals surface area contributed by atoms with E-state index in [0.29, 0.717) is 27.9 Å². The van der Waals surface area contributed by atoms with Gasteiger partial charge in [-0.25, -0.2) is 4.39 Å². The van der Waals surface area contributed by atoms with E-state index in [4.69, 9.17) is 11.6 Å². The van der Waals surface area contributed by atoms with E-state index < -0.39 is 11.4 Å². The highest BCUT2D eigenvalue weighted by atomic mass is 79.9. The quantitative estimate of drug-likeness (QED) is 0.826. The third kappa shape index (κ3) is 1.60. The summed E-state index contributed by atoms with van der Waals surface area (Å²) in [4.78, 5) is 0. The third-order valence-electron chi connectivity index (χ3n) is 2.20. The molecule has 1 fully saturated rings. The van der Waals surface area contributed by atoms with Gasteiger partial charge in [0.2, 0.25) is 0 Å². The van der Waals surface area contributed by atoms with Crippen LogP contribution in [-0.2, 0) is 5.60 Å². The normalized spacial score (nSPS) is 18.8. The topological polar surface area (TPSA) is 20.2 Å². The summed E-state index contributed by atoms with van der Waals surface area (Å²) in [5.74, 6) is -0.445. The van der Waals surface area contributed by atoms with Crippen molar-refractivity contribution in [2.24, 2.45) is 0 Å². The number of benzene rings is 1. The smallest absolute Gasteiger partial charge is 0.131 e. The zero-order chi connectivity index (χ0) is 9.64. The van der Waals surface area contributed by atoms with Gasteiger partial charge in [0.05, 0.1) is 5.60 Å². The summed E-state index contributed by atoms with van der Waals surface area (Å²) < 4.78 is 13.9. The lowest BCUT2D eigenvalue weighted by Crippen LogP contribution is -2.08. The summed E-state index contributed by atoms with van der Waals surface area (Å²) in [6, 6.07) is 2.81. The average molecular weight is 266 g/mol. The molecule has 1 N–H and O–H groups in total. The van der Waals surface area contributed by atoms with E-state index in [1.54, 1.807) is 6.07 Å². The van der Waals surface area contributed by atoms with Gasteiger partial charge in [0.15, 0.2) is 0 Å². The standard InChI is InChI=1S/C9H7BrClFO/c10-6-3-5(11)4-7(12)8(6)9(13)1-2-9/h3-4,13H,1-2H2. The number of aliphatic hydroxyl groups is 1. The number of halogens is 3. The van der Waals surface area contributed by atoms with Gasteiger partial charge < -0.3 is 5.11 Å². The van der Waals surface area contributed by atoms with Crippen LogP contribution in [0.1, 0.15) is 18.4 Å². The Morgan fingerprint density at radius 1 is 1.46 bits per heavy atom. The molecule has 70 valence electrons. The molecule has 1 aliphatic carbocycles. The fraction of sp³-hybridized carbons (Fsp3) is 0.333. The van der Waals surface area contributed by atoms with Crippen molar-refractivity contribution in [1.29, 1.82) is 0 Å². The zero-order valence-corrected chi connectivity index (χ0v) is 8.99. The van der Waals surface area contributed by atoms with E-state index in [1.165, 1.54) is 6.07 Å². The Bertz CT molecular complexity index is 340. The summed E-state index contributed by atoms with van der Waals surface area (Å²) in [5.41, 5.74) is -0.634. The van der Waals surface area contributed by atoms with Gasteiger partial charge in [-0.05, 0) is 25.0 Å². The molecule has 1 saturated carbocycles. The molecule has 0 aliphatic heterocycles. The maximum Gasteiger partial charge on any atom is 0.131 e. The van der Waals surface area contributed by atoms with E-state index in [9.17, 15) is 9.50 Å². The molecule has 13 heavy (non-hydrogen) atoms. The Morgan fingerprint density at radius 3 is 2.54 bits per heavy atom. The first-order valence-electron chi connectivity index (χ1n) is 3.90. The lowest BCUT2D eigenvalue weighted by atomic mass is 10.1. The molecule has 0 unspecified atom stereocenters. The van der Waals surface area contributed by atoms with Gasteiger partial charge in [-0.1, -0.05) is 27.5 Å². The van der Waals surface area contributed by atoms with Crippen LogP contribution in [0.2, 0.25) is 5.02 Å². The molecule has 0 atom stereocenters. The van der Waals surface area contributed by atoms with Crippen molar-refractivity contribution in [2.45, 2.75) is 18.4 Å². The van der Waals surface area contributed by atoms with E-state index in [0.717, 1.165) is 0 Å². The molecule has 4 heteroatoms. The lowest BCUT2D eigenvalue weighted by Gasteiger charge is -2.11. The Hall–Kier alpha value is -0.120. The predicted molar refractivity (Wildman–Crippen MR) is 52.2 cm³/mol. The van der Waals surface area contributed by atoms with E-state index in [2.05, 4.69) is 15.9 Å². The molecule has 0 heterocycles. The second-order valence-electron chi connectivity index (χ2n) is 3.28. The Labute approximate surface area is 88.7 Å². The first kappa shape index (κ1) is 9.44. The van der Waals surface area contributed by atoms with Gasteiger partial charge in [-0.2, -0.15) is 0 Å². The van der Waals surface area contributed by atoms with Crippen molar-refractivity contribution in [3.63, 3.8) is 0 Å². The van der Waals surface area contributed by atoms with Gasteiger partial charge in [0, 0.05) is 15.1 Å². The van der Waals surface area contributed by atoms with E-state index >= 15 is 0 Å². The van der Waals surface area contributed by atoms with Crippen molar-refractivity contribution in [3.8, 4) is 0 Å². The molecular formula is C9H7BrClFO. The summed E-state index contributed by atoms with van der Waals surface area (Å²) in [6.45, 7) is 0. The third-order valence-corrected chi connectivity index (χ3v) is 3.04. The number of rotatable bonds is 1. The lowest BCUT2D eigenvalue weighted by molar-refractivity contribution is 0.146. The van der Waals surface area contributed by atoms with Crippen molar-refractivity contribution < 1.29 is 9.50 Å². The fourth-order valence-electron chi connectivity index (χ4n) is 1.36. The first-order valence-corrected chi connectivity index (χ1v) is 5.07. The maximum atomic E-state index is 13.4. The minimum Gasteiger partial charge on any atom is -0.385 e. The molecule has 0 saturated heterocycles. The van der Waals surface area contributed by atoms with Crippen LogP contribution in [0, 0.1) is 5.82 Å². The number of hydrogen-bond donors (Lipinski definition) is 1. The summed E-state index contributed by atoms with van der Waals surface area (Å²) >= 11 is 8.83. The van der Waals surface area contributed by atoms with Crippen LogP contribution < -0.4 is 0 Å². The summed E-state index contributed by atoms with van der Waals surface area (Å²) in [5, 5.41) is 10.1. The van der Waals surface area contributed by atoms with Crippen LogP contribution in [0.5, 0.6) is 0 Å². The molecule has 1 aromatic carbocycles. The molecule has 1 aromatic rings. The van der Waals surface area contributed by atoms with Gasteiger partial charge in [-0.3, -0.25) is 0 Å². The Balaban J connectivity index is 2.57.